The second-order valence-corrected chi connectivity index (χ2v) is 8.28. The highest BCUT2D eigenvalue weighted by Gasteiger charge is 2.36. The Morgan fingerprint density at radius 3 is 2.54 bits per heavy atom. The van der Waals surface area contributed by atoms with Crippen molar-refractivity contribution in [3.8, 4) is 0 Å². The highest BCUT2D eigenvalue weighted by atomic mass is 19.1. The molecule has 1 aromatic heterocycles. The van der Waals surface area contributed by atoms with Crippen molar-refractivity contribution < 1.29 is 14.0 Å². The van der Waals surface area contributed by atoms with Gasteiger partial charge in [-0.15, -0.1) is 0 Å². The molecule has 0 radical (unpaired) electrons. The molecule has 3 aromatic carbocycles. The van der Waals surface area contributed by atoms with Gasteiger partial charge in [0.1, 0.15) is 12.0 Å². The quantitative estimate of drug-likeness (QED) is 0.406. The molecule has 35 heavy (non-hydrogen) atoms. The second kappa shape index (κ2) is 9.77. The first-order valence-corrected chi connectivity index (χ1v) is 11.3. The maximum Gasteiger partial charge on any atom is 0.256 e. The van der Waals surface area contributed by atoms with E-state index in [2.05, 4.69) is 15.6 Å². The van der Waals surface area contributed by atoms with Gasteiger partial charge in [-0.25, -0.2) is 4.39 Å². The van der Waals surface area contributed by atoms with Crippen molar-refractivity contribution in [1.82, 2.24) is 15.2 Å². The second-order valence-electron chi connectivity index (χ2n) is 8.28. The first kappa shape index (κ1) is 22.3. The fraction of sp³-hybridized carbons (Fsp3) is 0.107. The van der Waals surface area contributed by atoms with Crippen molar-refractivity contribution in [2.45, 2.75) is 19.3 Å². The zero-order valence-electron chi connectivity index (χ0n) is 18.8. The van der Waals surface area contributed by atoms with Gasteiger partial charge in [0, 0.05) is 35.1 Å². The Morgan fingerprint density at radius 2 is 1.74 bits per heavy atom. The van der Waals surface area contributed by atoms with Crippen molar-refractivity contribution in [2.75, 3.05) is 5.32 Å². The van der Waals surface area contributed by atoms with Crippen LogP contribution in [0.15, 0.2) is 97.2 Å². The van der Waals surface area contributed by atoms with Crippen LogP contribution in [-0.4, -0.2) is 21.7 Å². The minimum atomic E-state index is -0.435. The van der Waals surface area contributed by atoms with Gasteiger partial charge in [0.05, 0.1) is 12.2 Å². The maximum absolute atomic E-state index is 13.4. The Kier molecular flexibility index (Phi) is 6.22. The molecule has 0 bridgehead atoms. The smallest absolute Gasteiger partial charge is 0.256 e. The van der Waals surface area contributed by atoms with E-state index in [1.165, 1.54) is 12.1 Å². The highest BCUT2D eigenvalue weighted by Crippen LogP contribution is 2.35. The standard InChI is InChI=1S/C28H23FN4O2/c29-21-13-11-19(12-14-21)18-33-26(24-9-1-2-10-25(24)28(33)35)32-22-8-5-6-20(16-22)27(34)31-17-23-7-3-4-15-30-23/h1-16,26,32H,17-18H2,(H,31,34). The van der Waals surface area contributed by atoms with Gasteiger partial charge in [0.25, 0.3) is 11.8 Å². The number of fused-ring (bicyclic) bond motifs is 1. The number of nitrogens with one attached hydrogen (secondary N) is 2. The molecule has 2 amide bonds. The van der Waals surface area contributed by atoms with E-state index in [4.69, 9.17) is 0 Å². The van der Waals surface area contributed by atoms with E-state index >= 15 is 0 Å². The molecule has 1 atom stereocenters. The summed E-state index contributed by atoms with van der Waals surface area (Å²) in [5.74, 6) is -0.644. The number of amides is 2. The van der Waals surface area contributed by atoms with Crippen molar-refractivity contribution in [3.63, 3.8) is 0 Å². The molecule has 7 heteroatoms. The van der Waals surface area contributed by atoms with E-state index in [1.54, 1.807) is 47.5 Å². The lowest BCUT2D eigenvalue weighted by Gasteiger charge is -2.27. The minimum absolute atomic E-state index is 0.105. The number of carbonyl (C=O) groups excluding carboxylic acids is 2. The van der Waals surface area contributed by atoms with Gasteiger partial charge < -0.3 is 15.5 Å². The van der Waals surface area contributed by atoms with E-state index in [0.717, 1.165) is 16.8 Å². The third kappa shape index (κ3) is 4.89. The van der Waals surface area contributed by atoms with Crippen LogP contribution in [0, 0.1) is 5.82 Å². The summed E-state index contributed by atoms with van der Waals surface area (Å²) < 4.78 is 13.4. The molecule has 0 saturated heterocycles. The Balaban J connectivity index is 1.36. The van der Waals surface area contributed by atoms with E-state index < -0.39 is 6.17 Å². The summed E-state index contributed by atoms with van der Waals surface area (Å²) in [6, 6.07) is 26.3. The molecular weight excluding hydrogens is 443 g/mol. The summed E-state index contributed by atoms with van der Waals surface area (Å²) in [6.07, 6.45) is 1.25. The number of anilines is 1. The number of hydrogen-bond donors (Lipinski definition) is 2. The Morgan fingerprint density at radius 1 is 0.943 bits per heavy atom. The average Bonchev–Trinajstić information content (AvgIpc) is 3.15. The zero-order chi connectivity index (χ0) is 24.2. The first-order valence-electron chi connectivity index (χ1n) is 11.3. The Hall–Kier alpha value is -4.52. The van der Waals surface area contributed by atoms with Crippen molar-refractivity contribution >= 4 is 17.5 Å². The van der Waals surface area contributed by atoms with Crippen LogP contribution in [0.2, 0.25) is 0 Å². The third-order valence-corrected chi connectivity index (χ3v) is 5.91. The molecule has 0 aliphatic carbocycles. The summed E-state index contributed by atoms with van der Waals surface area (Å²) in [5, 5.41) is 6.30. The van der Waals surface area contributed by atoms with Crippen LogP contribution in [0.1, 0.15) is 43.7 Å². The topological polar surface area (TPSA) is 74.3 Å². The van der Waals surface area contributed by atoms with E-state index in [0.29, 0.717) is 29.9 Å². The van der Waals surface area contributed by atoms with Gasteiger partial charge in [-0.2, -0.15) is 0 Å². The summed E-state index contributed by atoms with van der Waals surface area (Å²) in [7, 11) is 0. The lowest BCUT2D eigenvalue weighted by atomic mass is 10.1. The predicted octanol–water partition coefficient (Wildman–Crippen LogP) is 4.92. The molecule has 0 spiro atoms. The van der Waals surface area contributed by atoms with Gasteiger partial charge in [-0.1, -0.05) is 42.5 Å². The van der Waals surface area contributed by atoms with Gasteiger partial charge in [0.2, 0.25) is 0 Å². The van der Waals surface area contributed by atoms with Crippen LogP contribution in [0.3, 0.4) is 0 Å². The summed E-state index contributed by atoms with van der Waals surface area (Å²) >= 11 is 0. The molecule has 1 aliphatic rings. The molecule has 6 nitrogen and oxygen atoms in total. The number of carbonyl (C=O) groups is 2. The summed E-state index contributed by atoms with van der Waals surface area (Å²) in [4.78, 5) is 31.9. The van der Waals surface area contributed by atoms with Gasteiger partial charge in [0.15, 0.2) is 0 Å². The van der Waals surface area contributed by atoms with Crippen LogP contribution >= 0.6 is 0 Å². The average molecular weight is 467 g/mol. The van der Waals surface area contributed by atoms with Crippen LogP contribution in [0.25, 0.3) is 0 Å². The summed E-state index contributed by atoms with van der Waals surface area (Å²) in [5.41, 5.74) is 4.26. The monoisotopic (exact) mass is 466 g/mol. The predicted molar refractivity (Wildman–Crippen MR) is 131 cm³/mol. The molecule has 1 aliphatic heterocycles. The van der Waals surface area contributed by atoms with Crippen molar-refractivity contribution in [2.24, 2.45) is 0 Å². The molecule has 0 fully saturated rings. The number of pyridine rings is 1. The fourth-order valence-electron chi connectivity index (χ4n) is 4.16. The Labute approximate surface area is 202 Å². The first-order chi connectivity index (χ1) is 17.1. The number of aromatic nitrogens is 1. The number of rotatable bonds is 7. The van der Waals surface area contributed by atoms with Gasteiger partial charge in [-0.05, 0) is 54.1 Å². The summed E-state index contributed by atoms with van der Waals surface area (Å²) in [6.45, 7) is 0.642. The van der Waals surface area contributed by atoms with Crippen molar-refractivity contribution in [1.29, 1.82) is 0 Å². The molecule has 4 aromatic rings. The number of halogens is 1. The van der Waals surface area contributed by atoms with E-state index in [1.807, 2.05) is 42.5 Å². The molecule has 174 valence electrons. The van der Waals surface area contributed by atoms with Crippen LogP contribution in [0.4, 0.5) is 10.1 Å². The molecule has 2 N–H and O–H groups in total. The molecular formula is C28H23FN4O2. The molecule has 2 heterocycles. The van der Waals surface area contributed by atoms with Crippen LogP contribution < -0.4 is 10.6 Å². The molecule has 1 unspecified atom stereocenters. The van der Waals surface area contributed by atoms with Gasteiger partial charge in [-0.3, -0.25) is 14.6 Å². The maximum atomic E-state index is 13.4. The largest absolute Gasteiger partial charge is 0.361 e. The SMILES string of the molecule is O=C(NCc1ccccn1)c1cccc(NC2c3ccccc3C(=O)N2Cc2ccc(F)cc2)c1. The normalized spacial score (nSPS) is 14.5. The van der Waals surface area contributed by atoms with E-state index in [9.17, 15) is 14.0 Å². The van der Waals surface area contributed by atoms with Gasteiger partial charge >= 0.3 is 0 Å². The van der Waals surface area contributed by atoms with Crippen LogP contribution in [-0.2, 0) is 13.1 Å². The number of hydrogen-bond acceptors (Lipinski definition) is 4. The van der Waals surface area contributed by atoms with Crippen molar-refractivity contribution in [3.05, 3.63) is 131 Å². The minimum Gasteiger partial charge on any atom is -0.361 e. The molecule has 5 rings (SSSR count). The number of benzene rings is 3. The lowest BCUT2D eigenvalue weighted by Crippen LogP contribution is -2.32. The number of nitrogens with zero attached hydrogens (tertiary/aromatic N) is 2. The lowest BCUT2D eigenvalue weighted by molar-refractivity contribution is 0.0728. The molecule has 0 saturated carbocycles. The fourth-order valence-corrected chi connectivity index (χ4v) is 4.16. The third-order valence-electron chi connectivity index (χ3n) is 5.91. The van der Waals surface area contributed by atoms with Crippen LogP contribution in [0.5, 0.6) is 0 Å². The zero-order valence-corrected chi connectivity index (χ0v) is 18.8. The Bertz CT molecular complexity index is 1360. The highest BCUT2D eigenvalue weighted by molar-refractivity contribution is 5.99. The van der Waals surface area contributed by atoms with E-state index in [-0.39, 0.29) is 17.6 Å².